The molecule has 1 N–H and O–H groups in total. The second-order valence-corrected chi connectivity index (χ2v) is 6.25. The van der Waals surface area contributed by atoms with Gasteiger partial charge in [-0.1, -0.05) is 28.9 Å². The quantitative estimate of drug-likeness (QED) is 0.922. The number of benzene rings is 1. The van der Waals surface area contributed by atoms with Crippen molar-refractivity contribution in [2.24, 2.45) is 0 Å². The number of hydrogen-bond donors (Lipinski definition) is 1. The summed E-state index contributed by atoms with van der Waals surface area (Å²) in [5.41, 5.74) is 1.27. The first-order chi connectivity index (χ1) is 11.5. The maximum absolute atomic E-state index is 12.2. The van der Waals surface area contributed by atoms with E-state index in [9.17, 15) is 9.59 Å². The van der Waals surface area contributed by atoms with Crippen molar-refractivity contribution in [3.8, 4) is 11.3 Å². The van der Waals surface area contributed by atoms with E-state index in [1.807, 2.05) is 6.07 Å². The maximum atomic E-state index is 12.2. The van der Waals surface area contributed by atoms with E-state index in [0.29, 0.717) is 10.7 Å². The minimum Gasteiger partial charge on any atom is -0.350 e. The van der Waals surface area contributed by atoms with E-state index >= 15 is 0 Å². The molecule has 2 aromatic rings. The zero-order valence-electron chi connectivity index (χ0n) is 13.3. The van der Waals surface area contributed by atoms with Gasteiger partial charge in [0.1, 0.15) is 11.7 Å². The Kier molecular flexibility index (Phi) is 4.85. The molecule has 0 spiro atoms. The molecule has 2 heterocycles. The second-order valence-electron chi connectivity index (χ2n) is 5.81. The highest BCUT2D eigenvalue weighted by molar-refractivity contribution is 6.30. The Bertz CT molecular complexity index is 753. The summed E-state index contributed by atoms with van der Waals surface area (Å²) < 4.78 is 5.10. The normalized spacial score (nSPS) is 15.3. The molecule has 2 amide bonds. The number of halogens is 1. The first-order valence-electron chi connectivity index (χ1n) is 7.87. The summed E-state index contributed by atoms with van der Waals surface area (Å²) in [5, 5.41) is 7.12. The van der Waals surface area contributed by atoms with Gasteiger partial charge in [-0.05, 0) is 31.9 Å². The number of carbonyl (C=O) groups excluding carboxylic acids is 2. The fourth-order valence-electron chi connectivity index (χ4n) is 2.71. The molecule has 126 valence electrons. The molecule has 6 nitrogen and oxygen atoms in total. The van der Waals surface area contributed by atoms with E-state index in [1.165, 1.54) is 6.07 Å². The van der Waals surface area contributed by atoms with Gasteiger partial charge in [0, 0.05) is 29.7 Å². The predicted molar refractivity (Wildman–Crippen MR) is 89.7 cm³/mol. The highest BCUT2D eigenvalue weighted by atomic mass is 35.5. The van der Waals surface area contributed by atoms with E-state index in [0.717, 1.165) is 31.5 Å². The first-order valence-corrected chi connectivity index (χ1v) is 8.24. The summed E-state index contributed by atoms with van der Waals surface area (Å²) in [7, 11) is 0. The van der Waals surface area contributed by atoms with Crippen LogP contribution < -0.4 is 5.32 Å². The summed E-state index contributed by atoms with van der Waals surface area (Å²) >= 11 is 5.95. The van der Waals surface area contributed by atoms with E-state index in [1.54, 1.807) is 30.0 Å². The molecule has 0 aliphatic carbocycles. The van der Waals surface area contributed by atoms with Crippen LogP contribution in [-0.2, 0) is 4.79 Å². The molecular formula is C17H18ClN3O3. The van der Waals surface area contributed by atoms with Gasteiger partial charge in [-0.15, -0.1) is 0 Å². The maximum Gasteiger partial charge on any atom is 0.290 e. The lowest BCUT2D eigenvalue weighted by atomic mass is 10.1. The van der Waals surface area contributed by atoms with E-state index in [4.69, 9.17) is 16.1 Å². The highest BCUT2D eigenvalue weighted by Crippen LogP contribution is 2.22. The van der Waals surface area contributed by atoms with Crippen LogP contribution >= 0.6 is 11.6 Å². The Hall–Kier alpha value is -2.34. The van der Waals surface area contributed by atoms with Crippen LogP contribution in [0, 0.1) is 0 Å². The molecule has 7 heteroatoms. The number of carbonyl (C=O) groups is 2. The van der Waals surface area contributed by atoms with Crippen LogP contribution in [0.5, 0.6) is 0 Å². The fourth-order valence-corrected chi connectivity index (χ4v) is 2.90. The van der Waals surface area contributed by atoms with Crippen molar-refractivity contribution >= 4 is 23.4 Å². The summed E-state index contributed by atoms with van der Waals surface area (Å²) in [4.78, 5) is 26.2. The van der Waals surface area contributed by atoms with Crippen LogP contribution in [0.15, 0.2) is 34.9 Å². The van der Waals surface area contributed by atoms with Crippen molar-refractivity contribution in [3.05, 3.63) is 41.1 Å². The number of hydrogen-bond acceptors (Lipinski definition) is 4. The summed E-state index contributed by atoms with van der Waals surface area (Å²) in [5.74, 6) is -0.475. The minimum atomic E-state index is -0.602. The largest absolute Gasteiger partial charge is 0.350 e. The Labute approximate surface area is 144 Å². The van der Waals surface area contributed by atoms with Crippen molar-refractivity contribution in [1.29, 1.82) is 0 Å². The van der Waals surface area contributed by atoms with Crippen LogP contribution in [0.3, 0.4) is 0 Å². The summed E-state index contributed by atoms with van der Waals surface area (Å²) in [6.07, 6.45) is 2.02. The molecular weight excluding hydrogens is 330 g/mol. The zero-order valence-corrected chi connectivity index (χ0v) is 14.0. The van der Waals surface area contributed by atoms with Crippen LogP contribution in [0.4, 0.5) is 0 Å². The Morgan fingerprint density at radius 3 is 2.75 bits per heavy atom. The van der Waals surface area contributed by atoms with E-state index in [-0.39, 0.29) is 11.7 Å². The van der Waals surface area contributed by atoms with Crippen molar-refractivity contribution in [2.75, 3.05) is 13.1 Å². The minimum absolute atomic E-state index is 0.0612. The molecule has 1 aliphatic rings. The number of likely N-dealkylation sites (tertiary alicyclic amines) is 1. The Morgan fingerprint density at radius 1 is 1.29 bits per heavy atom. The average molecular weight is 348 g/mol. The van der Waals surface area contributed by atoms with Gasteiger partial charge in [0.05, 0.1) is 0 Å². The number of amides is 2. The molecule has 1 aromatic carbocycles. The summed E-state index contributed by atoms with van der Waals surface area (Å²) in [6.45, 7) is 3.17. The zero-order chi connectivity index (χ0) is 17.1. The van der Waals surface area contributed by atoms with Gasteiger partial charge < -0.3 is 14.7 Å². The van der Waals surface area contributed by atoms with Gasteiger partial charge in [0.15, 0.2) is 0 Å². The average Bonchev–Trinajstić information content (AvgIpc) is 3.25. The number of aromatic nitrogens is 1. The Morgan fingerprint density at radius 2 is 2.04 bits per heavy atom. The lowest BCUT2D eigenvalue weighted by Crippen LogP contribution is -2.45. The summed E-state index contributed by atoms with van der Waals surface area (Å²) in [6, 6.07) is 8.04. The van der Waals surface area contributed by atoms with Crippen molar-refractivity contribution < 1.29 is 14.1 Å². The SMILES string of the molecule is C[C@H](NC(=O)c1cc(-c2cccc(Cl)c2)no1)C(=O)N1CCCC1. The van der Waals surface area contributed by atoms with Gasteiger partial charge in [-0.2, -0.15) is 0 Å². The molecule has 0 saturated carbocycles. The highest BCUT2D eigenvalue weighted by Gasteiger charge is 2.25. The van der Waals surface area contributed by atoms with Gasteiger partial charge >= 0.3 is 0 Å². The van der Waals surface area contributed by atoms with Gasteiger partial charge in [0.2, 0.25) is 11.7 Å². The van der Waals surface area contributed by atoms with Gasteiger partial charge in [-0.3, -0.25) is 9.59 Å². The second kappa shape index (κ2) is 7.05. The molecule has 0 radical (unpaired) electrons. The third kappa shape index (κ3) is 3.59. The standard InChI is InChI=1S/C17H18ClN3O3/c1-11(17(23)21-7-2-3-8-21)19-16(22)15-10-14(20-24-15)12-5-4-6-13(18)9-12/h4-6,9-11H,2-3,7-8H2,1H3,(H,19,22)/t11-/m0/s1. The van der Waals surface area contributed by atoms with Gasteiger partial charge in [-0.25, -0.2) is 0 Å². The van der Waals surface area contributed by atoms with Gasteiger partial charge in [0.25, 0.3) is 5.91 Å². The lowest BCUT2D eigenvalue weighted by Gasteiger charge is -2.20. The van der Waals surface area contributed by atoms with Crippen LogP contribution in [0.25, 0.3) is 11.3 Å². The molecule has 24 heavy (non-hydrogen) atoms. The van der Waals surface area contributed by atoms with Crippen molar-refractivity contribution in [2.45, 2.75) is 25.8 Å². The molecule has 1 aliphatic heterocycles. The van der Waals surface area contributed by atoms with Crippen molar-refractivity contribution in [3.63, 3.8) is 0 Å². The van der Waals surface area contributed by atoms with Crippen LogP contribution in [-0.4, -0.2) is 41.0 Å². The first kappa shape index (κ1) is 16.5. The van der Waals surface area contributed by atoms with E-state index < -0.39 is 11.9 Å². The molecule has 0 unspecified atom stereocenters. The predicted octanol–water partition coefficient (Wildman–Crippen LogP) is 2.74. The monoisotopic (exact) mass is 347 g/mol. The topological polar surface area (TPSA) is 75.4 Å². The lowest BCUT2D eigenvalue weighted by molar-refractivity contribution is -0.131. The number of rotatable bonds is 4. The molecule has 0 bridgehead atoms. The van der Waals surface area contributed by atoms with E-state index in [2.05, 4.69) is 10.5 Å². The van der Waals surface area contributed by atoms with Crippen LogP contribution in [0.1, 0.15) is 30.3 Å². The number of nitrogens with one attached hydrogen (secondary N) is 1. The molecule has 3 rings (SSSR count). The fraction of sp³-hybridized carbons (Fsp3) is 0.353. The Balaban J connectivity index is 1.66. The smallest absolute Gasteiger partial charge is 0.290 e. The van der Waals surface area contributed by atoms with Crippen LogP contribution in [0.2, 0.25) is 5.02 Å². The third-order valence-electron chi connectivity index (χ3n) is 3.99. The number of nitrogens with zero attached hydrogens (tertiary/aromatic N) is 2. The molecule has 1 saturated heterocycles. The molecule has 1 atom stereocenters. The van der Waals surface area contributed by atoms with Crippen molar-refractivity contribution in [1.82, 2.24) is 15.4 Å². The molecule has 1 fully saturated rings. The molecule has 1 aromatic heterocycles. The third-order valence-corrected chi connectivity index (χ3v) is 4.23.